The van der Waals surface area contributed by atoms with Crippen LogP contribution in [-0.2, 0) is 4.84 Å². The van der Waals surface area contributed by atoms with E-state index >= 15 is 0 Å². The molecule has 48 valence electrons. The largest absolute Gasteiger partial charge is 0.744 e. The quantitative estimate of drug-likeness (QED) is 0.510. The van der Waals surface area contributed by atoms with Gasteiger partial charge in [0, 0.05) is 0 Å². The number of hydrazine groups is 1. The molecule has 0 heterocycles. The van der Waals surface area contributed by atoms with Crippen LogP contribution in [0.2, 0.25) is 0 Å². The van der Waals surface area contributed by atoms with Crippen LogP contribution in [0.25, 0.3) is 5.84 Å². The number of hydrogen-bond donors (Lipinski definition) is 0. The van der Waals surface area contributed by atoms with Crippen LogP contribution < -0.4 is 0 Å². The molecule has 0 aliphatic heterocycles. The SMILES string of the molecule is C=CN([NH-])N([O-])OC. The summed E-state index contributed by atoms with van der Waals surface area (Å²) in [5, 5.41) is 10.5. The van der Waals surface area contributed by atoms with Crippen LogP contribution in [0.3, 0.4) is 0 Å². The van der Waals surface area contributed by atoms with Gasteiger partial charge in [0.05, 0.1) is 7.11 Å². The Morgan fingerprint density at radius 1 is 1.88 bits per heavy atom. The molecule has 0 aliphatic carbocycles. The van der Waals surface area contributed by atoms with E-state index < -0.39 is 0 Å². The van der Waals surface area contributed by atoms with Gasteiger partial charge in [-0.15, -0.1) is 0 Å². The topological polar surface area (TPSA) is 62.6 Å². The molecule has 8 heavy (non-hydrogen) atoms. The Bertz CT molecular complexity index is 76.9. The summed E-state index contributed by atoms with van der Waals surface area (Å²) in [6.07, 6.45) is 1.01. The van der Waals surface area contributed by atoms with Crippen molar-refractivity contribution in [3.63, 3.8) is 0 Å². The van der Waals surface area contributed by atoms with Crippen molar-refractivity contribution in [1.82, 2.24) is 10.5 Å². The lowest BCUT2D eigenvalue weighted by Gasteiger charge is -2.39. The smallest absolute Gasteiger partial charge is 0.0584 e. The molecule has 1 N–H and O–H groups in total. The number of hydrogen-bond acceptors (Lipinski definition) is 4. The van der Waals surface area contributed by atoms with Crippen LogP contribution in [0.1, 0.15) is 0 Å². The van der Waals surface area contributed by atoms with Crippen LogP contribution in [0.4, 0.5) is 0 Å². The van der Waals surface area contributed by atoms with Crippen LogP contribution in [0.15, 0.2) is 12.8 Å². The normalized spacial score (nSPS) is 9.50. The fourth-order valence-corrected chi connectivity index (χ4v) is 0.155. The maximum Gasteiger partial charge on any atom is 0.0584 e. The predicted molar refractivity (Wildman–Crippen MR) is 28.6 cm³/mol. The Labute approximate surface area is 47.4 Å². The average Bonchev–Trinajstić information content (AvgIpc) is 1.84. The van der Waals surface area contributed by atoms with Crippen molar-refractivity contribution in [2.24, 2.45) is 0 Å². The molecule has 0 radical (unpaired) electrons. The van der Waals surface area contributed by atoms with Crippen molar-refractivity contribution in [3.8, 4) is 0 Å². The highest BCUT2D eigenvalue weighted by atomic mass is 16.9. The molecule has 0 unspecified atom stereocenters. The summed E-state index contributed by atoms with van der Waals surface area (Å²) < 4.78 is 0. The summed E-state index contributed by atoms with van der Waals surface area (Å²) in [5.41, 5.74) is 0. The van der Waals surface area contributed by atoms with E-state index in [9.17, 15) is 5.21 Å². The van der Waals surface area contributed by atoms with E-state index in [0.29, 0.717) is 5.12 Å². The van der Waals surface area contributed by atoms with E-state index in [0.717, 1.165) is 13.3 Å². The van der Waals surface area contributed by atoms with E-state index in [1.807, 2.05) is 0 Å². The molecule has 0 bridgehead atoms. The van der Waals surface area contributed by atoms with E-state index in [2.05, 4.69) is 11.4 Å². The van der Waals surface area contributed by atoms with Crippen molar-refractivity contribution in [3.05, 3.63) is 23.8 Å². The summed E-state index contributed by atoms with van der Waals surface area (Å²) in [6.45, 7) is 3.15. The van der Waals surface area contributed by atoms with Crippen molar-refractivity contribution < 1.29 is 4.84 Å². The molecule has 5 heteroatoms. The molecule has 0 spiro atoms. The average molecular weight is 117 g/mol. The van der Waals surface area contributed by atoms with Crippen LogP contribution in [0.5, 0.6) is 0 Å². The number of rotatable bonds is 3. The highest BCUT2D eigenvalue weighted by Gasteiger charge is 1.79. The second-order valence-corrected chi connectivity index (χ2v) is 0.948. The third kappa shape index (κ3) is 1.90. The fourth-order valence-electron chi connectivity index (χ4n) is 0.155. The minimum absolute atomic E-state index is 0.0208. The van der Waals surface area contributed by atoms with Gasteiger partial charge in [-0.05, 0) is 6.20 Å². The molecule has 0 aromatic carbocycles. The monoisotopic (exact) mass is 117 g/mol. The molecule has 0 fully saturated rings. The maximum absolute atomic E-state index is 10.1. The first-order valence-corrected chi connectivity index (χ1v) is 1.86. The molecule has 0 aromatic rings. The van der Waals surface area contributed by atoms with Gasteiger partial charge >= 0.3 is 0 Å². The number of nitrogens with zero attached hydrogens (tertiary/aromatic N) is 2. The van der Waals surface area contributed by atoms with E-state index in [1.165, 1.54) is 0 Å². The Morgan fingerprint density at radius 2 is 2.38 bits per heavy atom. The highest BCUT2D eigenvalue weighted by molar-refractivity contribution is 4.65. The Morgan fingerprint density at radius 3 is 2.50 bits per heavy atom. The number of nitrogens with one attached hydrogen (secondary N) is 1. The minimum atomic E-state index is -0.0208. The van der Waals surface area contributed by atoms with Crippen molar-refractivity contribution in [1.29, 1.82) is 0 Å². The Hall–Kier alpha value is -0.620. The molecule has 0 amide bonds. The predicted octanol–water partition coefficient (Wildman–Crippen LogP) is 0.675. The summed E-state index contributed by atoms with van der Waals surface area (Å²) in [5.74, 6) is 6.63. The van der Waals surface area contributed by atoms with Gasteiger partial charge in [-0.1, -0.05) is 6.58 Å². The first-order valence-electron chi connectivity index (χ1n) is 1.86. The molecular weight excluding hydrogens is 110 g/mol. The lowest BCUT2D eigenvalue weighted by atomic mass is 11.0. The molecule has 5 nitrogen and oxygen atoms in total. The second kappa shape index (κ2) is 3.39. The van der Waals surface area contributed by atoms with Gasteiger partial charge in [-0.2, -0.15) is 5.34 Å². The zero-order chi connectivity index (χ0) is 6.57. The van der Waals surface area contributed by atoms with Gasteiger partial charge in [-0.25, -0.2) is 0 Å². The van der Waals surface area contributed by atoms with Crippen LogP contribution in [0, 0.1) is 5.21 Å². The maximum atomic E-state index is 10.1. The zero-order valence-corrected chi connectivity index (χ0v) is 4.50. The molecular formula is C3H7N3O2-2. The lowest BCUT2D eigenvalue weighted by molar-refractivity contribution is -0.190. The third-order valence-electron chi connectivity index (χ3n) is 0.505. The molecule has 0 saturated heterocycles. The van der Waals surface area contributed by atoms with Gasteiger partial charge < -0.3 is 16.2 Å². The minimum Gasteiger partial charge on any atom is -0.744 e. The first kappa shape index (κ1) is 7.38. The van der Waals surface area contributed by atoms with Crippen LogP contribution in [-0.4, -0.2) is 17.6 Å². The van der Waals surface area contributed by atoms with Crippen molar-refractivity contribution in [2.75, 3.05) is 7.11 Å². The van der Waals surface area contributed by atoms with Gasteiger partial charge in [0.2, 0.25) is 0 Å². The zero-order valence-electron chi connectivity index (χ0n) is 4.50. The molecule has 0 atom stereocenters. The fraction of sp³-hybridized carbons (Fsp3) is 0.333. The van der Waals surface area contributed by atoms with Crippen molar-refractivity contribution in [2.45, 2.75) is 0 Å². The Kier molecular flexibility index (Phi) is 3.13. The van der Waals surface area contributed by atoms with E-state index in [-0.39, 0.29) is 5.34 Å². The van der Waals surface area contributed by atoms with Gasteiger partial charge in [0.25, 0.3) is 0 Å². The van der Waals surface area contributed by atoms with E-state index in [4.69, 9.17) is 5.84 Å². The van der Waals surface area contributed by atoms with Gasteiger partial charge in [0.1, 0.15) is 0 Å². The molecule has 0 aromatic heterocycles. The van der Waals surface area contributed by atoms with Crippen LogP contribution >= 0.6 is 0 Å². The molecule has 0 rings (SSSR count). The summed E-state index contributed by atoms with van der Waals surface area (Å²) in [4.78, 5) is 4.05. The summed E-state index contributed by atoms with van der Waals surface area (Å²) in [6, 6.07) is 0. The van der Waals surface area contributed by atoms with Gasteiger partial charge in [0.15, 0.2) is 0 Å². The third-order valence-corrected chi connectivity index (χ3v) is 0.505. The lowest BCUT2D eigenvalue weighted by Crippen LogP contribution is -2.26. The first-order chi connectivity index (χ1) is 3.72. The molecule has 0 aliphatic rings. The second-order valence-electron chi connectivity index (χ2n) is 0.948. The van der Waals surface area contributed by atoms with Crippen molar-refractivity contribution >= 4 is 0 Å². The summed E-state index contributed by atoms with van der Waals surface area (Å²) in [7, 11) is 1.16. The Balaban J connectivity index is 3.44. The van der Waals surface area contributed by atoms with Gasteiger partial charge in [-0.3, -0.25) is 4.84 Å². The molecule has 0 saturated carbocycles. The summed E-state index contributed by atoms with van der Waals surface area (Å²) >= 11 is 0. The highest BCUT2D eigenvalue weighted by Crippen LogP contribution is 1.92. The van der Waals surface area contributed by atoms with E-state index in [1.54, 1.807) is 0 Å². The standard InChI is InChI=1S/C3H7N3O2/c1-3-5(4)6(7)8-2/h3-4H,1H2,2H3/q-2.